The Morgan fingerprint density at radius 3 is 2.81 bits per heavy atom. The van der Waals surface area contributed by atoms with Gasteiger partial charge in [0, 0.05) is 37.1 Å². The maximum atomic E-state index is 4.59. The van der Waals surface area contributed by atoms with Crippen LogP contribution in [0.15, 0.2) is 11.2 Å². The second-order valence-electron chi connectivity index (χ2n) is 4.50. The number of aromatic nitrogens is 1. The molecule has 0 aliphatic rings. The van der Waals surface area contributed by atoms with Crippen molar-refractivity contribution < 1.29 is 0 Å². The summed E-state index contributed by atoms with van der Waals surface area (Å²) in [6, 6.07) is 0. The second-order valence-corrected chi connectivity index (χ2v) is 6.81. The first-order valence-electron chi connectivity index (χ1n) is 7.18. The number of nitrogens with one attached hydrogen (secondary N) is 2. The van der Waals surface area contributed by atoms with Crippen molar-refractivity contribution in [1.82, 2.24) is 15.6 Å². The fraction of sp³-hybridized carbons (Fsp3) is 0.714. The smallest absolute Gasteiger partial charge is 0.191 e. The summed E-state index contributed by atoms with van der Waals surface area (Å²) in [7, 11) is 0. The number of thiazole rings is 1. The first kappa shape index (κ1) is 21.0. The molecule has 21 heavy (non-hydrogen) atoms. The SMILES string of the molecule is CCNC(=NCCCCSC)NCCc1ncc(C)s1.I. The highest BCUT2D eigenvalue weighted by atomic mass is 127. The van der Waals surface area contributed by atoms with Crippen LogP contribution in [0.5, 0.6) is 0 Å². The Morgan fingerprint density at radius 2 is 2.19 bits per heavy atom. The molecular formula is C14H27IN4S2. The van der Waals surface area contributed by atoms with E-state index < -0.39 is 0 Å². The van der Waals surface area contributed by atoms with E-state index in [0.29, 0.717) is 0 Å². The highest BCUT2D eigenvalue weighted by Crippen LogP contribution is 2.10. The van der Waals surface area contributed by atoms with E-state index in [2.05, 4.69) is 40.7 Å². The molecule has 0 radical (unpaired) electrons. The molecule has 1 rings (SSSR count). The number of guanidine groups is 1. The van der Waals surface area contributed by atoms with Crippen LogP contribution in [0.25, 0.3) is 0 Å². The Kier molecular flexibility index (Phi) is 13.6. The first-order chi connectivity index (χ1) is 9.76. The van der Waals surface area contributed by atoms with Crippen molar-refractivity contribution in [3.63, 3.8) is 0 Å². The van der Waals surface area contributed by atoms with Gasteiger partial charge in [-0.25, -0.2) is 4.98 Å². The third kappa shape index (κ3) is 10.4. The molecule has 0 aromatic carbocycles. The van der Waals surface area contributed by atoms with Crippen molar-refractivity contribution in [3.05, 3.63) is 16.1 Å². The number of aliphatic imine (C=N–C) groups is 1. The third-order valence-corrected chi connectivity index (χ3v) is 4.34. The number of unbranched alkanes of at least 4 members (excludes halogenated alkanes) is 1. The monoisotopic (exact) mass is 442 g/mol. The molecule has 1 aromatic rings. The summed E-state index contributed by atoms with van der Waals surface area (Å²) in [6.45, 7) is 6.85. The number of rotatable bonds is 9. The van der Waals surface area contributed by atoms with E-state index in [4.69, 9.17) is 0 Å². The molecule has 7 heteroatoms. The van der Waals surface area contributed by atoms with E-state index in [9.17, 15) is 0 Å². The first-order valence-corrected chi connectivity index (χ1v) is 9.39. The molecule has 1 heterocycles. The third-order valence-electron chi connectivity index (χ3n) is 2.67. The van der Waals surface area contributed by atoms with Crippen LogP contribution in [0.1, 0.15) is 29.7 Å². The van der Waals surface area contributed by atoms with Crippen molar-refractivity contribution >= 4 is 53.0 Å². The normalized spacial score (nSPS) is 11.1. The van der Waals surface area contributed by atoms with Gasteiger partial charge in [0.05, 0.1) is 5.01 Å². The minimum Gasteiger partial charge on any atom is -0.357 e. The Hall–Kier alpha value is -0.0200. The van der Waals surface area contributed by atoms with Crippen LogP contribution in [-0.2, 0) is 6.42 Å². The predicted molar refractivity (Wildman–Crippen MR) is 108 cm³/mol. The van der Waals surface area contributed by atoms with Gasteiger partial charge in [-0.3, -0.25) is 4.99 Å². The van der Waals surface area contributed by atoms with Crippen LogP contribution in [0.4, 0.5) is 0 Å². The molecule has 0 bridgehead atoms. The van der Waals surface area contributed by atoms with E-state index in [1.807, 2.05) is 18.0 Å². The molecule has 0 unspecified atom stereocenters. The van der Waals surface area contributed by atoms with Crippen LogP contribution < -0.4 is 10.6 Å². The Labute approximate surface area is 154 Å². The molecule has 0 fully saturated rings. The van der Waals surface area contributed by atoms with Gasteiger partial charge in [-0.15, -0.1) is 35.3 Å². The standard InChI is InChI=1S/C14H26N4S2.HI/c1-4-15-14(16-8-5-6-10-19-3)17-9-7-13-18-11-12(2)20-13;/h11H,4-10H2,1-3H3,(H2,15,16,17);1H. The molecule has 0 aliphatic heterocycles. The van der Waals surface area contributed by atoms with Crippen molar-refractivity contribution in [2.24, 2.45) is 4.99 Å². The molecule has 122 valence electrons. The number of hydrogen-bond donors (Lipinski definition) is 2. The van der Waals surface area contributed by atoms with Gasteiger partial charge >= 0.3 is 0 Å². The van der Waals surface area contributed by atoms with Crippen molar-refractivity contribution in [3.8, 4) is 0 Å². The zero-order chi connectivity index (χ0) is 14.6. The summed E-state index contributed by atoms with van der Waals surface area (Å²) in [5.74, 6) is 2.15. The number of thioether (sulfide) groups is 1. The van der Waals surface area contributed by atoms with Gasteiger partial charge in [-0.1, -0.05) is 0 Å². The van der Waals surface area contributed by atoms with E-state index in [1.165, 1.54) is 22.1 Å². The van der Waals surface area contributed by atoms with Gasteiger partial charge in [0.1, 0.15) is 0 Å². The lowest BCUT2D eigenvalue weighted by atomic mass is 10.3. The van der Waals surface area contributed by atoms with Crippen LogP contribution in [0.3, 0.4) is 0 Å². The zero-order valence-corrected chi connectivity index (χ0v) is 17.1. The second kappa shape index (κ2) is 13.6. The molecule has 0 amide bonds. The van der Waals surface area contributed by atoms with Crippen LogP contribution in [-0.4, -0.2) is 42.6 Å². The van der Waals surface area contributed by atoms with Crippen molar-refractivity contribution in [1.29, 1.82) is 0 Å². The molecule has 1 aromatic heterocycles. The lowest BCUT2D eigenvalue weighted by molar-refractivity contribution is 0.769. The van der Waals surface area contributed by atoms with E-state index >= 15 is 0 Å². The largest absolute Gasteiger partial charge is 0.357 e. The van der Waals surface area contributed by atoms with Crippen LogP contribution >= 0.6 is 47.1 Å². The predicted octanol–water partition coefficient (Wildman–Crippen LogP) is 3.31. The minimum atomic E-state index is 0. The summed E-state index contributed by atoms with van der Waals surface area (Å²) >= 11 is 3.66. The topological polar surface area (TPSA) is 49.3 Å². The van der Waals surface area contributed by atoms with Crippen molar-refractivity contribution in [2.75, 3.05) is 31.6 Å². The average Bonchev–Trinajstić information content (AvgIpc) is 2.84. The average molecular weight is 442 g/mol. The van der Waals surface area contributed by atoms with Crippen LogP contribution in [0, 0.1) is 6.92 Å². The zero-order valence-electron chi connectivity index (χ0n) is 13.1. The van der Waals surface area contributed by atoms with Gasteiger partial charge in [-0.2, -0.15) is 11.8 Å². The molecule has 4 nitrogen and oxygen atoms in total. The fourth-order valence-electron chi connectivity index (χ4n) is 1.70. The number of nitrogens with zero attached hydrogens (tertiary/aromatic N) is 2. The van der Waals surface area contributed by atoms with Crippen molar-refractivity contribution in [2.45, 2.75) is 33.1 Å². The number of halogens is 1. The quantitative estimate of drug-likeness (QED) is 0.267. The van der Waals surface area contributed by atoms with Gasteiger partial charge in [0.25, 0.3) is 0 Å². The minimum absolute atomic E-state index is 0. The number of hydrogen-bond acceptors (Lipinski definition) is 4. The fourth-order valence-corrected chi connectivity index (χ4v) is 2.98. The van der Waals surface area contributed by atoms with E-state index in [-0.39, 0.29) is 24.0 Å². The van der Waals surface area contributed by atoms with Gasteiger partial charge in [0.2, 0.25) is 0 Å². The van der Waals surface area contributed by atoms with E-state index in [1.54, 1.807) is 11.3 Å². The molecule has 0 atom stereocenters. The highest BCUT2D eigenvalue weighted by Gasteiger charge is 2.00. The summed E-state index contributed by atoms with van der Waals surface area (Å²) in [4.78, 5) is 10.2. The Balaban J connectivity index is 0.00000400. The van der Waals surface area contributed by atoms with E-state index in [0.717, 1.165) is 38.4 Å². The maximum Gasteiger partial charge on any atom is 0.191 e. The molecule has 0 aliphatic carbocycles. The summed E-state index contributed by atoms with van der Waals surface area (Å²) < 4.78 is 0. The lowest BCUT2D eigenvalue weighted by Gasteiger charge is -2.10. The molecule has 0 saturated carbocycles. The molecule has 2 N–H and O–H groups in total. The van der Waals surface area contributed by atoms with Crippen LogP contribution in [0.2, 0.25) is 0 Å². The Bertz CT molecular complexity index is 396. The summed E-state index contributed by atoms with van der Waals surface area (Å²) in [6.07, 6.45) is 7.43. The lowest BCUT2D eigenvalue weighted by Crippen LogP contribution is -2.38. The summed E-state index contributed by atoms with van der Waals surface area (Å²) in [5.41, 5.74) is 0. The molecule has 0 spiro atoms. The van der Waals surface area contributed by atoms with Gasteiger partial charge in [0.15, 0.2) is 5.96 Å². The Morgan fingerprint density at radius 1 is 1.38 bits per heavy atom. The summed E-state index contributed by atoms with van der Waals surface area (Å²) in [5, 5.41) is 7.84. The molecule has 0 saturated heterocycles. The van der Waals surface area contributed by atoms with Gasteiger partial charge < -0.3 is 10.6 Å². The molecular weight excluding hydrogens is 415 g/mol. The highest BCUT2D eigenvalue weighted by molar-refractivity contribution is 14.0. The maximum absolute atomic E-state index is 4.59. The van der Waals surface area contributed by atoms with Gasteiger partial charge in [-0.05, 0) is 38.7 Å². The number of aryl methyl sites for hydroxylation is 1.